The van der Waals surface area contributed by atoms with Crippen LogP contribution in [0.15, 0.2) is 18.2 Å². The van der Waals surface area contributed by atoms with Crippen LogP contribution in [0.1, 0.15) is 12.8 Å². The normalized spacial score (nSPS) is 18.8. The molecule has 1 aromatic carbocycles. The second-order valence-electron chi connectivity index (χ2n) is 4.80. The van der Waals surface area contributed by atoms with Crippen LogP contribution in [0.4, 0.5) is 14.5 Å². The molecule has 1 aliphatic rings. The number of amides is 1. The number of alkyl halides is 2. The van der Waals surface area contributed by atoms with Crippen LogP contribution >= 0.6 is 23.2 Å². The van der Waals surface area contributed by atoms with E-state index in [0.29, 0.717) is 15.7 Å². The summed E-state index contributed by atoms with van der Waals surface area (Å²) in [5, 5.41) is 3.48. The van der Waals surface area contributed by atoms with E-state index in [2.05, 4.69) is 5.32 Å². The highest BCUT2D eigenvalue weighted by Crippen LogP contribution is 2.28. The number of halogens is 4. The molecule has 3 nitrogen and oxygen atoms in total. The Morgan fingerprint density at radius 1 is 1.30 bits per heavy atom. The van der Waals surface area contributed by atoms with Crippen molar-refractivity contribution >= 4 is 34.8 Å². The minimum atomic E-state index is -2.61. The lowest BCUT2D eigenvalue weighted by Crippen LogP contribution is -2.43. The van der Waals surface area contributed by atoms with E-state index < -0.39 is 5.92 Å². The summed E-state index contributed by atoms with van der Waals surface area (Å²) in [6.45, 7) is 0.492. The maximum atomic E-state index is 13.0. The molecule has 110 valence electrons. The fourth-order valence-corrected chi connectivity index (χ4v) is 2.36. The molecule has 20 heavy (non-hydrogen) atoms. The molecule has 0 aromatic heterocycles. The Hall–Kier alpha value is -0.910. The average molecular weight is 323 g/mol. The van der Waals surface area contributed by atoms with Crippen molar-refractivity contribution in [1.82, 2.24) is 4.90 Å². The van der Waals surface area contributed by atoms with Gasteiger partial charge >= 0.3 is 0 Å². The molecule has 7 heteroatoms. The first-order valence-electron chi connectivity index (χ1n) is 6.21. The fraction of sp³-hybridized carbons (Fsp3) is 0.462. The molecule has 1 aromatic rings. The molecule has 0 radical (unpaired) electrons. The van der Waals surface area contributed by atoms with Crippen LogP contribution in [0.3, 0.4) is 0 Å². The summed E-state index contributed by atoms with van der Waals surface area (Å²) < 4.78 is 26.0. The smallest absolute Gasteiger partial charge is 0.250 e. The SMILES string of the molecule is O=C(CN1CCC(F)(F)CC1)Nc1cc(Cl)ccc1Cl. The Morgan fingerprint density at radius 2 is 1.95 bits per heavy atom. The summed E-state index contributed by atoms with van der Waals surface area (Å²) in [5.41, 5.74) is 0.423. The highest BCUT2D eigenvalue weighted by molar-refractivity contribution is 6.35. The lowest BCUT2D eigenvalue weighted by Gasteiger charge is -2.31. The number of carbonyl (C=O) groups is 1. The molecule has 0 spiro atoms. The first-order valence-corrected chi connectivity index (χ1v) is 6.96. The maximum Gasteiger partial charge on any atom is 0.250 e. The fourth-order valence-electron chi connectivity index (χ4n) is 2.02. The third-order valence-electron chi connectivity index (χ3n) is 3.16. The van der Waals surface area contributed by atoms with E-state index in [-0.39, 0.29) is 38.4 Å². The van der Waals surface area contributed by atoms with Gasteiger partial charge in [0.15, 0.2) is 0 Å². The van der Waals surface area contributed by atoms with Crippen molar-refractivity contribution in [3.8, 4) is 0 Å². The van der Waals surface area contributed by atoms with Crippen molar-refractivity contribution in [3.05, 3.63) is 28.2 Å². The van der Waals surface area contributed by atoms with E-state index in [4.69, 9.17) is 23.2 Å². The van der Waals surface area contributed by atoms with E-state index in [9.17, 15) is 13.6 Å². The van der Waals surface area contributed by atoms with E-state index in [1.165, 1.54) is 0 Å². The number of hydrogen-bond acceptors (Lipinski definition) is 2. The number of nitrogens with one attached hydrogen (secondary N) is 1. The largest absolute Gasteiger partial charge is 0.324 e. The minimum Gasteiger partial charge on any atom is -0.324 e. The van der Waals surface area contributed by atoms with Crippen LogP contribution in [-0.2, 0) is 4.79 Å². The summed E-state index contributed by atoms with van der Waals surface area (Å²) in [7, 11) is 0. The van der Waals surface area contributed by atoms with Crippen LogP contribution < -0.4 is 5.32 Å². The number of nitrogens with zero attached hydrogens (tertiary/aromatic N) is 1. The van der Waals surface area contributed by atoms with Gasteiger partial charge in [-0.1, -0.05) is 23.2 Å². The monoisotopic (exact) mass is 322 g/mol. The Balaban J connectivity index is 1.88. The van der Waals surface area contributed by atoms with Crippen molar-refractivity contribution < 1.29 is 13.6 Å². The van der Waals surface area contributed by atoms with Crippen molar-refractivity contribution in [2.45, 2.75) is 18.8 Å². The van der Waals surface area contributed by atoms with E-state index in [0.717, 1.165) is 0 Å². The third kappa shape index (κ3) is 4.30. The van der Waals surface area contributed by atoms with Crippen molar-refractivity contribution in [1.29, 1.82) is 0 Å². The minimum absolute atomic E-state index is 0.0684. The van der Waals surface area contributed by atoms with Gasteiger partial charge < -0.3 is 5.32 Å². The lowest BCUT2D eigenvalue weighted by atomic mass is 10.1. The number of hydrogen-bond donors (Lipinski definition) is 1. The average Bonchev–Trinajstić information content (AvgIpc) is 2.36. The number of piperidine rings is 1. The number of carbonyl (C=O) groups excluding carboxylic acids is 1. The van der Waals surface area contributed by atoms with Crippen molar-refractivity contribution in [2.75, 3.05) is 25.0 Å². The number of benzene rings is 1. The van der Waals surface area contributed by atoms with Gasteiger partial charge in [-0.3, -0.25) is 9.69 Å². The van der Waals surface area contributed by atoms with Crippen molar-refractivity contribution in [2.24, 2.45) is 0 Å². The zero-order chi connectivity index (χ0) is 14.8. The highest BCUT2D eigenvalue weighted by atomic mass is 35.5. The Bertz CT molecular complexity index is 501. The van der Waals surface area contributed by atoms with Crippen LogP contribution in [-0.4, -0.2) is 36.4 Å². The topological polar surface area (TPSA) is 32.3 Å². The zero-order valence-corrected chi connectivity index (χ0v) is 12.1. The molecule has 1 fully saturated rings. The third-order valence-corrected chi connectivity index (χ3v) is 3.72. The van der Waals surface area contributed by atoms with Gasteiger partial charge in [0.2, 0.25) is 5.91 Å². The van der Waals surface area contributed by atoms with Crippen molar-refractivity contribution in [3.63, 3.8) is 0 Å². The molecule has 1 saturated heterocycles. The number of rotatable bonds is 3. The quantitative estimate of drug-likeness (QED) is 0.921. The van der Waals surface area contributed by atoms with Gasteiger partial charge in [-0.05, 0) is 18.2 Å². The van der Waals surface area contributed by atoms with Gasteiger partial charge in [-0.2, -0.15) is 0 Å². The van der Waals surface area contributed by atoms with Gasteiger partial charge in [-0.15, -0.1) is 0 Å². The summed E-state index contributed by atoms with van der Waals surface area (Å²) in [6.07, 6.45) is -0.420. The number of likely N-dealkylation sites (tertiary alicyclic amines) is 1. The first kappa shape index (κ1) is 15.5. The van der Waals surface area contributed by atoms with E-state index >= 15 is 0 Å². The molecule has 0 unspecified atom stereocenters. The second kappa shape index (κ2) is 6.24. The molecular formula is C13H14Cl2F2N2O. The summed E-state index contributed by atoms with van der Waals surface area (Å²) in [6, 6.07) is 4.75. The molecule has 0 bridgehead atoms. The van der Waals surface area contributed by atoms with Gasteiger partial charge in [0.1, 0.15) is 0 Å². The molecule has 2 rings (SSSR count). The van der Waals surface area contributed by atoms with Gasteiger partial charge in [0, 0.05) is 31.0 Å². The Labute approximate surface area is 125 Å². The number of anilines is 1. The standard InChI is InChI=1S/C13H14Cl2F2N2O/c14-9-1-2-10(15)11(7-9)18-12(20)8-19-5-3-13(16,17)4-6-19/h1-2,7H,3-6,8H2,(H,18,20). The molecule has 0 saturated carbocycles. The van der Waals surface area contributed by atoms with E-state index in [1.807, 2.05) is 0 Å². The maximum absolute atomic E-state index is 13.0. The van der Waals surface area contributed by atoms with Crippen LogP contribution in [0.5, 0.6) is 0 Å². The second-order valence-corrected chi connectivity index (χ2v) is 5.65. The van der Waals surface area contributed by atoms with Gasteiger partial charge in [0.25, 0.3) is 5.92 Å². The highest BCUT2D eigenvalue weighted by Gasteiger charge is 2.34. The van der Waals surface area contributed by atoms with Crippen LogP contribution in [0.25, 0.3) is 0 Å². The molecule has 1 amide bonds. The predicted molar refractivity (Wildman–Crippen MR) is 75.7 cm³/mol. The molecule has 1 aliphatic heterocycles. The summed E-state index contributed by atoms with van der Waals surface area (Å²) in [5.74, 6) is -2.90. The molecule has 0 atom stereocenters. The molecular weight excluding hydrogens is 309 g/mol. The van der Waals surface area contributed by atoms with Gasteiger partial charge in [0.05, 0.1) is 17.3 Å². The predicted octanol–water partition coefficient (Wildman–Crippen LogP) is 3.66. The summed E-state index contributed by atoms with van der Waals surface area (Å²) >= 11 is 11.8. The molecule has 0 aliphatic carbocycles. The molecule has 1 N–H and O–H groups in total. The van der Waals surface area contributed by atoms with Crippen LogP contribution in [0, 0.1) is 0 Å². The molecule has 1 heterocycles. The Kier molecular flexibility index (Phi) is 4.83. The van der Waals surface area contributed by atoms with E-state index in [1.54, 1.807) is 23.1 Å². The Morgan fingerprint density at radius 3 is 2.60 bits per heavy atom. The zero-order valence-electron chi connectivity index (χ0n) is 10.6. The lowest BCUT2D eigenvalue weighted by molar-refractivity contribution is -0.119. The summed E-state index contributed by atoms with van der Waals surface area (Å²) in [4.78, 5) is 13.6. The first-order chi connectivity index (χ1) is 9.35. The van der Waals surface area contributed by atoms with Crippen LogP contribution in [0.2, 0.25) is 10.0 Å². The van der Waals surface area contributed by atoms with Gasteiger partial charge in [-0.25, -0.2) is 8.78 Å².